The van der Waals surface area contributed by atoms with E-state index < -0.39 is 9.84 Å². The van der Waals surface area contributed by atoms with Crippen molar-refractivity contribution in [1.29, 1.82) is 0 Å². The van der Waals surface area contributed by atoms with Crippen molar-refractivity contribution in [2.24, 2.45) is 0 Å². The van der Waals surface area contributed by atoms with Crippen molar-refractivity contribution < 1.29 is 8.42 Å². The van der Waals surface area contributed by atoms with Gasteiger partial charge < -0.3 is 0 Å². The molecule has 0 aromatic rings. The van der Waals surface area contributed by atoms with Gasteiger partial charge in [-0.2, -0.15) is 0 Å². The van der Waals surface area contributed by atoms with Gasteiger partial charge >= 0.3 is 0 Å². The highest BCUT2D eigenvalue weighted by Crippen LogP contribution is 2.31. The number of thioether (sulfide) groups is 2. The van der Waals surface area contributed by atoms with E-state index in [0.717, 1.165) is 0 Å². The molecule has 0 amide bonds. The van der Waals surface area contributed by atoms with Crippen molar-refractivity contribution in [2.75, 3.05) is 10.2 Å². The Bertz CT molecular complexity index is 360. The third-order valence-electron chi connectivity index (χ3n) is 5.07. The Morgan fingerprint density at radius 2 is 0.870 bits per heavy atom. The lowest BCUT2D eigenvalue weighted by Crippen LogP contribution is -2.15. The van der Waals surface area contributed by atoms with E-state index in [2.05, 4.69) is 0 Å². The molecule has 0 saturated heterocycles. The lowest BCUT2D eigenvalue weighted by molar-refractivity contribution is 0.513. The molecule has 0 atom stereocenters. The molecule has 0 N–H and O–H groups in total. The quantitative estimate of drug-likeness (QED) is 0.567. The van der Waals surface area contributed by atoms with Gasteiger partial charge in [-0.3, -0.25) is 0 Å². The molecule has 23 heavy (non-hydrogen) atoms. The number of sulfone groups is 1. The van der Waals surface area contributed by atoms with Gasteiger partial charge in [0, 0.05) is 10.5 Å². The van der Waals surface area contributed by atoms with Crippen LogP contribution in [0.2, 0.25) is 0 Å². The van der Waals surface area contributed by atoms with Gasteiger partial charge in [0.1, 0.15) is 0 Å². The summed E-state index contributed by atoms with van der Waals surface area (Å²) in [6.45, 7) is 0. The van der Waals surface area contributed by atoms with E-state index in [1.54, 1.807) is 23.5 Å². The highest BCUT2D eigenvalue weighted by molar-refractivity contribution is 8.19. The van der Waals surface area contributed by atoms with Gasteiger partial charge in [0.25, 0.3) is 0 Å². The van der Waals surface area contributed by atoms with Gasteiger partial charge in [-0.1, -0.05) is 64.2 Å². The molecule has 0 spiro atoms. The molecule has 0 unspecified atom stereocenters. The fourth-order valence-electron chi connectivity index (χ4n) is 3.60. The molecule has 0 aromatic carbocycles. The van der Waals surface area contributed by atoms with Gasteiger partial charge in [0.2, 0.25) is 0 Å². The van der Waals surface area contributed by atoms with Gasteiger partial charge in [0.05, 0.1) is 10.2 Å². The molecule has 0 aliphatic heterocycles. The molecule has 5 heteroatoms. The topological polar surface area (TPSA) is 34.1 Å². The minimum Gasteiger partial charge on any atom is -0.227 e. The number of rotatable bonds is 6. The second-order valence-electron chi connectivity index (χ2n) is 7.25. The molecule has 0 aromatic heterocycles. The Hall–Kier alpha value is 0.650. The average Bonchev–Trinajstić information content (AvgIpc) is 2.45. The zero-order valence-corrected chi connectivity index (χ0v) is 17.0. The molecular formula is C18H34O2S3. The third kappa shape index (κ3) is 9.06. The summed E-state index contributed by atoms with van der Waals surface area (Å²) in [4.78, 5) is 0. The molecule has 0 bridgehead atoms. The van der Waals surface area contributed by atoms with Crippen molar-refractivity contribution >= 4 is 33.4 Å². The SMILES string of the molecule is O=S(=O)(CSC1CCCCCCC1)CSC1CCCCCCC1. The van der Waals surface area contributed by atoms with Crippen molar-refractivity contribution in [3.63, 3.8) is 0 Å². The molecule has 2 saturated carbocycles. The standard InChI is InChI=1S/C18H34O2S3/c19-23(20,15-21-17-11-7-3-1-4-8-12-17)16-22-18-13-9-5-2-6-10-14-18/h17-18H,1-16H2. The monoisotopic (exact) mass is 378 g/mol. The smallest absolute Gasteiger partial charge is 0.168 e. The lowest BCUT2D eigenvalue weighted by Gasteiger charge is -2.20. The summed E-state index contributed by atoms with van der Waals surface area (Å²) in [7, 11) is -2.90. The highest BCUT2D eigenvalue weighted by atomic mass is 32.3. The Kier molecular flexibility index (Phi) is 9.81. The van der Waals surface area contributed by atoms with Crippen LogP contribution < -0.4 is 0 Å². The van der Waals surface area contributed by atoms with Gasteiger partial charge in [-0.25, -0.2) is 8.42 Å². The third-order valence-corrected chi connectivity index (χ3v) is 10.9. The number of hydrogen-bond acceptors (Lipinski definition) is 4. The molecule has 2 rings (SSSR count). The Labute approximate surface area is 152 Å². The maximum Gasteiger partial charge on any atom is 0.168 e. The van der Waals surface area contributed by atoms with Crippen molar-refractivity contribution in [3.05, 3.63) is 0 Å². The van der Waals surface area contributed by atoms with E-state index in [9.17, 15) is 8.42 Å². The van der Waals surface area contributed by atoms with Crippen molar-refractivity contribution in [3.8, 4) is 0 Å². The Morgan fingerprint density at radius 3 is 1.22 bits per heavy atom. The normalized spacial score (nSPS) is 23.7. The van der Waals surface area contributed by atoms with E-state index in [1.807, 2.05) is 0 Å². The van der Waals surface area contributed by atoms with Crippen LogP contribution in [0.15, 0.2) is 0 Å². The fourth-order valence-corrected chi connectivity index (χ4v) is 9.02. The first-order valence-corrected chi connectivity index (χ1v) is 13.5. The van der Waals surface area contributed by atoms with Crippen LogP contribution in [0.4, 0.5) is 0 Å². The lowest BCUT2D eigenvalue weighted by atomic mass is 10.0. The van der Waals surface area contributed by atoms with E-state index in [0.29, 0.717) is 20.7 Å². The van der Waals surface area contributed by atoms with Crippen LogP contribution in [0.3, 0.4) is 0 Å². The van der Waals surface area contributed by atoms with E-state index >= 15 is 0 Å². The van der Waals surface area contributed by atoms with Gasteiger partial charge in [-0.15, -0.1) is 23.5 Å². The molecule has 2 aliphatic rings. The van der Waals surface area contributed by atoms with Gasteiger partial charge in [0.15, 0.2) is 9.84 Å². The molecule has 2 aliphatic carbocycles. The van der Waals surface area contributed by atoms with E-state index in [4.69, 9.17) is 0 Å². The van der Waals surface area contributed by atoms with Crippen LogP contribution in [-0.4, -0.2) is 29.1 Å². The van der Waals surface area contributed by atoms with E-state index in [1.165, 1.54) is 89.9 Å². The Balaban J connectivity index is 1.68. The predicted molar refractivity (Wildman–Crippen MR) is 106 cm³/mol. The van der Waals surface area contributed by atoms with Crippen LogP contribution in [0.25, 0.3) is 0 Å². The Morgan fingerprint density at radius 1 is 0.565 bits per heavy atom. The molecule has 2 fully saturated rings. The minimum absolute atomic E-state index is 0.345. The van der Waals surface area contributed by atoms with Crippen LogP contribution in [0, 0.1) is 0 Å². The predicted octanol–water partition coefficient (Wildman–Crippen LogP) is 6.01. The van der Waals surface area contributed by atoms with Crippen LogP contribution in [0.1, 0.15) is 89.9 Å². The van der Waals surface area contributed by atoms with Crippen LogP contribution in [-0.2, 0) is 9.84 Å². The van der Waals surface area contributed by atoms with Crippen molar-refractivity contribution in [2.45, 2.75) is 100 Å². The first-order chi connectivity index (χ1) is 11.2. The van der Waals surface area contributed by atoms with Crippen LogP contribution >= 0.6 is 23.5 Å². The molecule has 0 radical (unpaired) electrons. The molecular weight excluding hydrogens is 344 g/mol. The molecule has 2 nitrogen and oxygen atoms in total. The summed E-state index contributed by atoms with van der Waals surface area (Å²) in [6.07, 6.45) is 18.1. The average molecular weight is 379 g/mol. The summed E-state index contributed by atoms with van der Waals surface area (Å²) < 4.78 is 24.8. The largest absolute Gasteiger partial charge is 0.227 e. The molecule has 136 valence electrons. The van der Waals surface area contributed by atoms with Crippen molar-refractivity contribution in [1.82, 2.24) is 0 Å². The second-order valence-corrected chi connectivity index (χ2v) is 12.6. The summed E-state index contributed by atoms with van der Waals surface area (Å²) in [5, 5.41) is 1.85. The first-order valence-electron chi connectivity index (χ1n) is 9.59. The molecule has 0 heterocycles. The first kappa shape index (κ1) is 20.0. The van der Waals surface area contributed by atoms with Crippen LogP contribution in [0.5, 0.6) is 0 Å². The summed E-state index contributed by atoms with van der Waals surface area (Å²) in [5.74, 6) is 0. The maximum atomic E-state index is 12.4. The maximum absolute atomic E-state index is 12.4. The number of hydrogen-bond donors (Lipinski definition) is 0. The van der Waals surface area contributed by atoms with E-state index in [-0.39, 0.29) is 0 Å². The highest BCUT2D eigenvalue weighted by Gasteiger charge is 2.20. The minimum atomic E-state index is -2.90. The fraction of sp³-hybridized carbons (Fsp3) is 1.00. The summed E-state index contributed by atoms with van der Waals surface area (Å²) >= 11 is 3.44. The zero-order valence-electron chi connectivity index (χ0n) is 14.5. The zero-order chi connectivity index (χ0) is 16.4. The summed E-state index contributed by atoms with van der Waals surface area (Å²) in [6, 6.07) is 0. The summed E-state index contributed by atoms with van der Waals surface area (Å²) in [5.41, 5.74) is 0. The van der Waals surface area contributed by atoms with Gasteiger partial charge in [-0.05, 0) is 25.7 Å². The second kappa shape index (κ2) is 11.3.